The van der Waals surface area contributed by atoms with Crippen LogP contribution in [0.15, 0.2) is 72.8 Å². The number of carboxylic acid groups (broad SMARTS) is 1. The van der Waals surface area contributed by atoms with E-state index < -0.39 is 17.6 Å². The normalized spacial score (nSPS) is 18.3. The van der Waals surface area contributed by atoms with Crippen LogP contribution in [0, 0.1) is 0 Å². The van der Waals surface area contributed by atoms with Gasteiger partial charge >= 0.3 is 5.97 Å². The molecule has 0 spiro atoms. The Morgan fingerprint density at radius 2 is 1.74 bits per heavy atom. The number of hydrogen-bond donors (Lipinski definition) is 3. The molecular weight excluding hydrogens is 435 g/mol. The summed E-state index contributed by atoms with van der Waals surface area (Å²) in [5.41, 5.74) is 1.76. The zero-order chi connectivity index (χ0) is 22.0. The Labute approximate surface area is 190 Å². The van der Waals surface area contributed by atoms with Crippen molar-refractivity contribution < 1.29 is 14.7 Å². The number of halogens is 2. The molecule has 4 rings (SSSR count). The molecule has 3 aromatic carbocycles. The summed E-state index contributed by atoms with van der Waals surface area (Å²) in [4.78, 5) is 25.1. The zero-order valence-electron chi connectivity index (χ0n) is 16.4. The van der Waals surface area contributed by atoms with Crippen LogP contribution in [0.2, 0.25) is 10.0 Å². The van der Waals surface area contributed by atoms with Gasteiger partial charge in [-0.05, 0) is 35.4 Å². The first-order chi connectivity index (χ1) is 14.9. The molecule has 31 heavy (non-hydrogen) atoms. The molecule has 1 heterocycles. The van der Waals surface area contributed by atoms with Crippen LogP contribution in [0.4, 0.5) is 5.69 Å². The third-order valence-electron chi connectivity index (χ3n) is 5.44. The average Bonchev–Trinajstić information content (AvgIpc) is 2.98. The van der Waals surface area contributed by atoms with Gasteiger partial charge in [0.05, 0.1) is 6.42 Å². The van der Waals surface area contributed by atoms with Gasteiger partial charge in [-0.15, -0.1) is 0 Å². The summed E-state index contributed by atoms with van der Waals surface area (Å²) in [6.07, 6.45) is 0.106. The minimum Gasteiger partial charge on any atom is -0.481 e. The second-order valence-corrected chi connectivity index (χ2v) is 8.43. The molecule has 1 amide bonds. The first-order valence-electron chi connectivity index (χ1n) is 9.78. The fourth-order valence-electron chi connectivity index (χ4n) is 4.08. The van der Waals surface area contributed by atoms with E-state index in [1.54, 1.807) is 30.3 Å². The van der Waals surface area contributed by atoms with Crippen LogP contribution in [0.5, 0.6) is 0 Å². The highest BCUT2D eigenvalue weighted by molar-refractivity contribution is 6.31. The van der Waals surface area contributed by atoms with Crippen LogP contribution in [-0.2, 0) is 21.5 Å². The third kappa shape index (κ3) is 4.44. The van der Waals surface area contributed by atoms with Gasteiger partial charge in [-0.3, -0.25) is 14.9 Å². The van der Waals surface area contributed by atoms with E-state index in [0.29, 0.717) is 21.3 Å². The first kappa shape index (κ1) is 21.4. The number of hydrogen-bond acceptors (Lipinski definition) is 3. The second-order valence-electron chi connectivity index (χ2n) is 7.56. The highest BCUT2D eigenvalue weighted by atomic mass is 35.5. The van der Waals surface area contributed by atoms with Crippen LogP contribution in [0.25, 0.3) is 0 Å². The van der Waals surface area contributed by atoms with Gasteiger partial charge in [-0.1, -0.05) is 71.7 Å². The van der Waals surface area contributed by atoms with Gasteiger partial charge in [0.15, 0.2) is 0 Å². The van der Waals surface area contributed by atoms with E-state index in [2.05, 4.69) is 10.6 Å². The Morgan fingerprint density at radius 1 is 1.00 bits per heavy atom. The van der Waals surface area contributed by atoms with Crippen molar-refractivity contribution in [3.05, 3.63) is 99.5 Å². The lowest BCUT2D eigenvalue weighted by Crippen LogP contribution is -2.51. The van der Waals surface area contributed by atoms with Crippen molar-refractivity contribution in [2.75, 3.05) is 5.32 Å². The van der Waals surface area contributed by atoms with E-state index in [1.807, 2.05) is 42.5 Å². The maximum atomic E-state index is 13.4. The number of rotatable bonds is 7. The van der Waals surface area contributed by atoms with Gasteiger partial charge in [-0.2, -0.15) is 0 Å². The van der Waals surface area contributed by atoms with Crippen molar-refractivity contribution in [1.29, 1.82) is 0 Å². The van der Waals surface area contributed by atoms with E-state index in [1.165, 1.54) is 0 Å². The summed E-state index contributed by atoms with van der Waals surface area (Å²) < 4.78 is 0. The topological polar surface area (TPSA) is 78.4 Å². The summed E-state index contributed by atoms with van der Waals surface area (Å²) in [5.74, 6) is -1.23. The van der Waals surface area contributed by atoms with Crippen molar-refractivity contribution in [2.24, 2.45) is 0 Å². The lowest BCUT2D eigenvalue weighted by atomic mass is 9.83. The van der Waals surface area contributed by atoms with Gasteiger partial charge in [0, 0.05) is 33.8 Å². The molecule has 0 aliphatic carbocycles. The lowest BCUT2D eigenvalue weighted by molar-refractivity contribution is -0.138. The highest BCUT2D eigenvalue weighted by Gasteiger charge is 2.48. The number of nitrogens with one attached hydrogen (secondary N) is 2. The van der Waals surface area contributed by atoms with Crippen LogP contribution in [-0.4, -0.2) is 17.0 Å². The molecule has 7 heteroatoms. The maximum absolute atomic E-state index is 13.4. The van der Waals surface area contributed by atoms with Crippen molar-refractivity contribution in [2.45, 2.75) is 24.4 Å². The minimum atomic E-state index is -1.19. The number of aliphatic carboxylic acids is 1. The molecule has 0 saturated heterocycles. The molecule has 3 aromatic rings. The monoisotopic (exact) mass is 454 g/mol. The van der Waals surface area contributed by atoms with Gasteiger partial charge in [0.25, 0.3) is 0 Å². The van der Waals surface area contributed by atoms with Crippen molar-refractivity contribution in [3.8, 4) is 0 Å². The SMILES string of the molecule is O=C(O)CC(NC1(Cc2cccc(Cl)c2)C(=O)Nc2cc(Cl)ccc21)c1ccccc1. The van der Waals surface area contributed by atoms with Gasteiger partial charge in [0.2, 0.25) is 5.91 Å². The molecule has 2 atom stereocenters. The Hall–Kier alpha value is -2.86. The molecule has 1 aliphatic rings. The van der Waals surface area contributed by atoms with E-state index in [0.717, 1.165) is 11.1 Å². The molecule has 158 valence electrons. The van der Waals surface area contributed by atoms with Crippen LogP contribution < -0.4 is 10.6 Å². The maximum Gasteiger partial charge on any atom is 0.305 e. The smallest absolute Gasteiger partial charge is 0.305 e. The number of carbonyl (C=O) groups is 2. The molecule has 0 radical (unpaired) electrons. The fourth-order valence-corrected chi connectivity index (χ4v) is 4.46. The first-order valence-corrected chi connectivity index (χ1v) is 10.5. The Bertz CT molecular complexity index is 1140. The summed E-state index contributed by atoms with van der Waals surface area (Å²) >= 11 is 12.3. The molecular formula is C24H20Cl2N2O3. The number of amides is 1. The third-order valence-corrected chi connectivity index (χ3v) is 5.91. The molecule has 1 aliphatic heterocycles. The molecule has 3 N–H and O–H groups in total. The van der Waals surface area contributed by atoms with Crippen LogP contribution in [0.1, 0.15) is 29.2 Å². The number of anilines is 1. The molecule has 0 bridgehead atoms. The van der Waals surface area contributed by atoms with Crippen molar-refractivity contribution in [1.82, 2.24) is 5.32 Å². The fraction of sp³-hybridized carbons (Fsp3) is 0.167. The predicted octanol–water partition coefficient (Wildman–Crippen LogP) is 5.19. The number of carbonyl (C=O) groups excluding carboxylic acids is 1. The Morgan fingerprint density at radius 3 is 2.45 bits per heavy atom. The van der Waals surface area contributed by atoms with E-state index >= 15 is 0 Å². The lowest BCUT2D eigenvalue weighted by Gasteiger charge is -2.34. The summed E-state index contributed by atoms with van der Waals surface area (Å²) in [7, 11) is 0. The summed E-state index contributed by atoms with van der Waals surface area (Å²) in [5, 5.41) is 16.9. The summed E-state index contributed by atoms with van der Waals surface area (Å²) in [6, 6.07) is 21.2. The second kappa shape index (κ2) is 8.71. The van der Waals surface area contributed by atoms with E-state index in [4.69, 9.17) is 23.2 Å². The minimum absolute atomic E-state index is 0.183. The van der Waals surface area contributed by atoms with Gasteiger partial charge in [-0.25, -0.2) is 0 Å². The Balaban J connectivity index is 1.83. The van der Waals surface area contributed by atoms with E-state index in [-0.39, 0.29) is 18.7 Å². The molecule has 2 unspecified atom stereocenters. The van der Waals surface area contributed by atoms with Crippen LogP contribution in [0.3, 0.4) is 0 Å². The molecule has 0 saturated carbocycles. The van der Waals surface area contributed by atoms with Gasteiger partial charge < -0.3 is 10.4 Å². The Kier molecular flexibility index (Phi) is 6.01. The summed E-state index contributed by atoms with van der Waals surface area (Å²) in [6.45, 7) is 0. The molecule has 0 aromatic heterocycles. The average molecular weight is 455 g/mol. The van der Waals surface area contributed by atoms with Crippen molar-refractivity contribution >= 4 is 40.8 Å². The van der Waals surface area contributed by atoms with Gasteiger partial charge in [0.1, 0.15) is 5.54 Å². The van der Waals surface area contributed by atoms with Crippen molar-refractivity contribution in [3.63, 3.8) is 0 Å². The standard InChI is InChI=1S/C24H20Cl2N2O3/c25-17-8-4-5-15(11-17)14-24(19-10-9-18(26)12-21(19)27-23(24)31)28-20(13-22(29)30)16-6-2-1-3-7-16/h1-12,20,28H,13-14H2,(H,27,31)(H,29,30). The highest BCUT2D eigenvalue weighted by Crippen LogP contribution is 2.42. The number of fused-ring (bicyclic) bond motifs is 1. The quantitative estimate of drug-likeness (QED) is 0.458. The molecule has 0 fully saturated rings. The van der Waals surface area contributed by atoms with E-state index in [9.17, 15) is 14.7 Å². The largest absolute Gasteiger partial charge is 0.481 e. The number of benzene rings is 3. The predicted molar refractivity (Wildman–Crippen MR) is 121 cm³/mol. The van der Waals surface area contributed by atoms with Crippen LogP contribution >= 0.6 is 23.2 Å². The number of carboxylic acids is 1. The zero-order valence-corrected chi connectivity index (χ0v) is 18.0. The molecule has 5 nitrogen and oxygen atoms in total.